The summed E-state index contributed by atoms with van der Waals surface area (Å²) in [4.78, 5) is 6.57. The van der Waals surface area contributed by atoms with Gasteiger partial charge in [-0.2, -0.15) is 4.98 Å². The summed E-state index contributed by atoms with van der Waals surface area (Å²) >= 11 is 0. The molecule has 0 aliphatic rings. The topological polar surface area (TPSA) is 62.4 Å². The Morgan fingerprint density at radius 2 is 1.94 bits per heavy atom. The smallest absolute Gasteiger partial charge is 0.240 e. The third-order valence-corrected chi connectivity index (χ3v) is 2.74. The molecule has 0 bridgehead atoms. The number of rotatable bonds is 7. The third kappa shape index (κ3) is 5.14. The number of aromatic nitrogens is 2. The van der Waals surface area contributed by atoms with Gasteiger partial charge in [0.15, 0.2) is 5.82 Å². The van der Waals surface area contributed by atoms with Crippen LogP contribution < -0.4 is 0 Å². The quantitative estimate of drug-likeness (QED) is 0.755. The molecule has 104 valence electrons. The zero-order valence-electron chi connectivity index (χ0n) is 11.9. The molecule has 0 aliphatic carbocycles. The van der Waals surface area contributed by atoms with Crippen molar-refractivity contribution >= 4 is 0 Å². The van der Waals surface area contributed by atoms with E-state index in [1.807, 2.05) is 7.05 Å². The molecule has 5 heteroatoms. The van der Waals surface area contributed by atoms with Crippen molar-refractivity contribution in [1.29, 1.82) is 0 Å². The molecule has 5 nitrogen and oxygen atoms in total. The number of aliphatic hydroxyl groups is 1. The zero-order chi connectivity index (χ0) is 13.6. The average molecular weight is 255 g/mol. The Balaban J connectivity index is 2.35. The Kier molecular flexibility index (Phi) is 5.75. The summed E-state index contributed by atoms with van der Waals surface area (Å²) in [7, 11) is 2.04. The van der Waals surface area contributed by atoms with Crippen LogP contribution in [-0.4, -0.2) is 40.3 Å². The molecule has 1 rings (SSSR count). The maximum atomic E-state index is 8.70. The number of nitrogens with zero attached hydrogens (tertiary/aromatic N) is 3. The van der Waals surface area contributed by atoms with Gasteiger partial charge >= 0.3 is 0 Å². The summed E-state index contributed by atoms with van der Waals surface area (Å²) in [6.07, 6.45) is 3.01. The van der Waals surface area contributed by atoms with E-state index in [-0.39, 0.29) is 12.0 Å². The number of aliphatic hydroxyl groups excluding tert-OH is 1. The predicted molar refractivity (Wildman–Crippen MR) is 70.3 cm³/mol. The summed E-state index contributed by atoms with van der Waals surface area (Å²) in [6, 6.07) is 0. The molecular weight excluding hydrogens is 230 g/mol. The van der Waals surface area contributed by atoms with E-state index in [0.717, 1.165) is 31.6 Å². The van der Waals surface area contributed by atoms with Gasteiger partial charge in [0, 0.05) is 12.0 Å². The maximum absolute atomic E-state index is 8.70. The highest BCUT2D eigenvalue weighted by molar-refractivity contribution is 4.99. The molecule has 0 radical (unpaired) electrons. The van der Waals surface area contributed by atoms with Gasteiger partial charge in [0.1, 0.15) is 0 Å². The number of hydrogen-bond donors (Lipinski definition) is 1. The van der Waals surface area contributed by atoms with Crippen molar-refractivity contribution in [3.63, 3.8) is 0 Å². The number of hydrogen-bond acceptors (Lipinski definition) is 5. The largest absolute Gasteiger partial charge is 0.396 e. The maximum Gasteiger partial charge on any atom is 0.240 e. The van der Waals surface area contributed by atoms with Gasteiger partial charge in [-0.05, 0) is 32.9 Å². The van der Waals surface area contributed by atoms with Crippen LogP contribution in [0.15, 0.2) is 4.52 Å². The SMILES string of the molecule is CN(CCCCCO)Cc1nc(C(C)(C)C)no1. The van der Waals surface area contributed by atoms with Gasteiger partial charge < -0.3 is 9.63 Å². The second kappa shape index (κ2) is 6.85. The molecule has 0 atom stereocenters. The Morgan fingerprint density at radius 3 is 2.50 bits per heavy atom. The van der Waals surface area contributed by atoms with E-state index in [1.54, 1.807) is 0 Å². The fourth-order valence-electron chi connectivity index (χ4n) is 1.60. The molecule has 1 heterocycles. The third-order valence-electron chi connectivity index (χ3n) is 2.74. The molecule has 0 saturated heterocycles. The fourth-order valence-corrected chi connectivity index (χ4v) is 1.60. The van der Waals surface area contributed by atoms with Crippen LogP contribution in [0.5, 0.6) is 0 Å². The first-order valence-electron chi connectivity index (χ1n) is 6.56. The van der Waals surface area contributed by atoms with Crippen LogP contribution in [0.25, 0.3) is 0 Å². The van der Waals surface area contributed by atoms with E-state index in [0.29, 0.717) is 12.4 Å². The van der Waals surface area contributed by atoms with Gasteiger partial charge in [-0.25, -0.2) is 0 Å². The van der Waals surface area contributed by atoms with Crippen LogP contribution in [-0.2, 0) is 12.0 Å². The summed E-state index contributed by atoms with van der Waals surface area (Å²) in [5.74, 6) is 1.43. The van der Waals surface area contributed by atoms with Crippen molar-refractivity contribution in [2.45, 2.75) is 52.0 Å². The Hall–Kier alpha value is -0.940. The summed E-state index contributed by atoms with van der Waals surface area (Å²) in [6.45, 7) is 8.15. The summed E-state index contributed by atoms with van der Waals surface area (Å²) in [5, 5.41) is 12.7. The van der Waals surface area contributed by atoms with Crippen LogP contribution in [0.2, 0.25) is 0 Å². The molecule has 1 aromatic rings. The van der Waals surface area contributed by atoms with E-state index in [4.69, 9.17) is 9.63 Å². The zero-order valence-corrected chi connectivity index (χ0v) is 11.9. The van der Waals surface area contributed by atoms with Gasteiger partial charge in [0.05, 0.1) is 6.54 Å². The van der Waals surface area contributed by atoms with Crippen molar-refractivity contribution in [2.24, 2.45) is 0 Å². The molecular formula is C13H25N3O2. The molecule has 0 amide bonds. The van der Waals surface area contributed by atoms with Gasteiger partial charge in [0.2, 0.25) is 5.89 Å². The van der Waals surface area contributed by atoms with Crippen LogP contribution in [0.1, 0.15) is 51.7 Å². The highest BCUT2D eigenvalue weighted by Crippen LogP contribution is 2.18. The lowest BCUT2D eigenvalue weighted by atomic mass is 9.96. The first kappa shape index (κ1) is 15.1. The van der Waals surface area contributed by atoms with Gasteiger partial charge in [-0.1, -0.05) is 25.9 Å². The minimum absolute atomic E-state index is 0.0680. The van der Waals surface area contributed by atoms with E-state index in [1.165, 1.54) is 0 Å². The molecule has 0 fully saturated rings. The van der Waals surface area contributed by atoms with Crippen LogP contribution >= 0.6 is 0 Å². The Bertz CT molecular complexity index is 344. The monoisotopic (exact) mass is 255 g/mol. The Morgan fingerprint density at radius 1 is 1.22 bits per heavy atom. The minimum Gasteiger partial charge on any atom is -0.396 e. The second-order valence-corrected chi connectivity index (χ2v) is 5.78. The second-order valence-electron chi connectivity index (χ2n) is 5.78. The molecule has 0 aliphatic heterocycles. The van der Waals surface area contributed by atoms with E-state index < -0.39 is 0 Å². The molecule has 18 heavy (non-hydrogen) atoms. The first-order valence-corrected chi connectivity index (χ1v) is 6.56. The number of unbranched alkanes of at least 4 members (excludes halogenated alkanes) is 2. The molecule has 0 aromatic carbocycles. The van der Waals surface area contributed by atoms with Crippen molar-refractivity contribution in [3.8, 4) is 0 Å². The van der Waals surface area contributed by atoms with Crippen LogP contribution in [0.4, 0.5) is 0 Å². The fraction of sp³-hybridized carbons (Fsp3) is 0.846. The lowest BCUT2D eigenvalue weighted by molar-refractivity contribution is 0.250. The highest BCUT2D eigenvalue weighted by atomic mass is 16.5. The van der Waals surface area contributed by atoms with Crippen molar-refractivity contribution in [1.82, 2.24) is 15.0 Å². The normalized spacial score (nSPS) is 12.3. The van der Waals surface area contributed by atoms with Gasteiger partial charge in [0.25, 0.3) is 0 Å². The first-order chi connectivity index (χ1) is 8.43. The lowest BCUT2D eigenvalue weighted by Crippen LogP contribution is -2.20. The molecule has 1 N–H and O–H groups in total. The van der Waals surface area contributed by atoms with Gasteiger partial charge in [-0.3, -0.25) is 4.90 Å². The van der Waals surface area contributed by atoms with E-state index >= 15 is 0 Å². The van der Waals surface area contributed by atoms with E-state index in [9.17, 15) is 0 Å². The molecule has 1 aromatic heterocycles. The van der Waals surface area contributed by atoms with Crippen molar-refractivity contribution in [2.75, 3.05) is 20.2 Å². The van der Waals surface area contributed by atoms with Crippen molar-refractivity contribution in [3.05, 3.63) is 11.7 Å². The van der Waals surface area contributed by atoms with Crippen molar-refractivity contribution < 1.29 is 9.63 Å². The van der Waals surface area contributed by atoms with E-state index in [2.05, 4.69) is 35.8 Å². The highest BCUT2D eigenvalue weighted by Gasteiger charge is 2.21. The summed E-state index contributed by atoms with van der Waals surface area (Å²) < 4.78 is 5.25. The molecule has 0 spiro atoms. The van der Waals surface area contributed by atoms with Crippen LogP contribution in [0.3, 0.4) is 0 Å². The summed E-state index contributed by atoms with van der Waals surface area (Å²) in [5.41, 5.74) is -0.0680. The molecule has 0 unspecified atom stereocenters. The predicted octanol–water partition coefficient (Wildman–Crippen LogP) is 1.96. The average Bonchev–Trinajstić information content (AvgIpc) is 2.72. The van der Waals surface area contributed by atoms with Gasteiger partial charge in [-0.15, -0.1) is 0 Å². The van der Waals surface area contributed by atoms with Crippen LogP contribution in [0, 0.1) is 0 Å². The lowest BCUT2D eigenvalue weighted by Gasteiger charge is -2.13. The molecule has 0 saturated carbocycles. The Labute approximate surface area is 109 Å². The minimum atomic E-state index is -0.0680. The standard InChI is InChI=1S/C13H25N3O2/c1-13(2,3)12-14-11(18-15-12)10-16(4)8-6-5-7-9-17/h17H,5-10H2,1-4H3.